The smallest absolute Gasteiger partial charge is 0.326 e. The van der Waals surface area contributed by atoms with Crippen molar-refractivity contribution in [3.8, 4) is 0 Å². The Morgan fingerprint density at radius 2 is 0.721 bits per heavy atom. The molecule has 2 aromatic heterocycles. The topological polar surface area (TPSA) is 852 Å². The van der Waals surface area contributed by atoms with Gasteiger partial charge in [0.1, 0.15) is 78.5 Å². The third-order valence-electron chi connectivity index (χ3n) is 19.9. The number of H-pyrrole nitrogens is 2. The van der Waals surface area contributed by atoms with Crippen LogP contribution in [0.4, 0.5) is 0 Å². The summed E-state index contributed by atoms with van der Waals surface area (Å²) < 4.78 is 0. The third-order valence-corrected chi connectivity index (χ3v) is 19.9. The molecular weight excluding hydrogens is 1690 g/mol. The van der Waals surface area contributed by atoms with E-state index in [1.54, 1.807) is 55.4 Å². The summed E-state index contributed by atoms with van der Waals surface area (Å²) in [6.07, 6.45) is 0.877. The minimum Gasteiger partial charge on any atom is -0.481 e. The van der Waals surface area contributed by atoms with Crippen LogP contribution in [0.1, 0.15) is 195 Å². The molecule has 722 valence electrons. The van der Waals surface area contributed by atoms with Crippen LogP contribution >= 0.6 is 0 Å². The Hall–Kier alpha value is -13.0. The molecule has 0 unspecified atom stereocenters. The van der Waals surface area contributed by atoms with Gasteiger partial charge >= 0.3 is 11.9 Å². The molecule has 0 saturated heterocycles. The highest BCUT2D eigenvalue weighted by molar-refractivity contribution is 6.01. The number of carboxylic acid groups (broad SMARTS) is 2. The number of nitrogens with two attached hydrogens (primary N) is 8. The molecule has 0 fully saturated rings. The minimum absolute atomic E-state index is 0.0102. The van der Waals surface area contributed by atoms with Crippen LogP contribution in [0.2, 0.25) is 0 Å². The van der Waals surface area contributed by atoms with Crippen molar-refractivity contribution < 1.29 is 106 Å². The normalized spacial score (nSPS) is 14.7. The molecular formula is C79H134N28O22. The number of amides is 18. The molecule has 129 heavy (non-hydrogen) atoms. The highest BCUT2D eigenvalue weighted by Gasteiger charge is 2.40. The predicted molar refractivity (Wildman–Crippen MR) is 462 cm³/mol. The van der Waals surface area contributed by atoms with Gasteiger partial charge in [-0.15, -0.1) is 0 Å². The Balaban J connectivity index is 2.64. The van der Waals surface area contributed by atoms with E-state index < -0.39 is 260 Å². The maximum Gasteiger partial charge on any atom is 0.326 e. The summed E-state index contributed by atoms with van der Waals surface area (Å²) in [5.41, 5.74) is 44.9. The van der Waals surface area contributed by atoms with Crippen LogP contribution < -0.4 is 126 Å². The number of nitrogens with zero attached hydrogens (tertiary/aromatic N) is 2. The number of carbonyl (C=O) groups excluding carboxylic acids is 18. The van der Waals surface area contributed by atoms with E-state index in [-0.39, 0.29) is 127 Å². The molecule has 0 aromatic carbocycles. The van der Waals surface area contributed by atoms with Crippen LogP contribution in [0.15, 0.2) is 25.0 Å². The van der Waals surface area contributed by atoms with Gasteiger partial charge in [-0.1, -0.05) is 61.8 Å². The van der Waals surface area contributed by atoms with Crippen LogP contribution in [0.5, 0.6) is 0 Å². The Kier molecular flexibility index (Phi) is 51.3. The van der Waals surface area contributed by atoms with E-state index in [4.69, 9.17) is 51.3 Å². The van der Waals surface area contributed by atoms with Gasteiger partial charge in [0.2, 0.25) is 106 Å². The maximum absolute atomic E-state index is 15.0. The number of guanidine groups is 1. The van der Waals surface area contributed by atoms with Gasteiger partial charge in [0.05, 0.1) is 38.1 Å². The fourth-order valence-corrected chi connectivity index (χ4v) is 12.9. The van der Waals surface area contributed by atoms with Crippen molar-refractivity contribution in [2.45, 2.75) is 281 Å². The lowest BCUT2D eigenvalue weighted by molar-refractivity contribution is -0.143. The van der Waals surface area contributed by atoms with E-state index in [2.05, 4.69) is 94.4 Å². The first-order valence-electron chi connectivity index (χ1n) is 42.7. The molecule has 0 radical (unpaired) electrons. The maximum atomic E-state index is 15.0. The lowest BCUT2D eigenvalue weighted by Crippen LogP contribution is -2.62. The average Bonchev–Trinajstić information content (AvgIpc) is 1.74. The third kappa shape index (κ3) is 45.3. The van der Waals surface area contributed by atoms with E-state index in [9.17, 15) is 106 Å². The SMILES string of the molecule is CC[C@H](C)[C@H](NC(=O)[C@H](CCCNC(=N)N)NC(=O)[C@H](Cc1cnc[nH]1)NC(=O)[C@H](CCCCN)NC(=O)[C@H](CCC(=O)O)NC(=O)[C@@H](N)CCC(N)=O)C(=O)N[C@@H](CC(C)C)C(=O)N[C@@H](Cc1cnc[nH]1)C(=O)N[C@@H](CCCCN)C(=O)N[C@@H](CC(C)C)C(=O)N[C@@H](CC(C)C)C(=O)N[C@@H](CCC(N)=O)C(=O)N[C@@H](CC(N)=O)C(=O)NCC(=O)N[C@@H](CC(N)=O)C(=O)O. The number of hydrogen-bond acceptors (Lipinski definition) is 26. The molecule has 50 heteroatoms. The molecule has 15 atom stereocenters. The number of nitrogens with one attached hydrogen (secondary N) is 18. The molecule has 2 aromatic rings. The van der Waals surface area contributed by atoms with Crippen LogP contribution in [-0.2, 0) is 109 Å². The van der Waals surface area contributed by atoms with Crippen LogP contribution in [-0.4, -0.2) is 265 Å². The molecule has 36 N–H and O–H groups in total. The number of carbonyl (C=O) groups is 20. The van der Waals surface area contributed by atoms with Crippen molar-refractivity contribution in [3.63, 3.8) is 0 Å². The van der Waals surface area contributed by atoms with Gasteiger partial charge in [-0.25, -0.2) is 14.8 Å². The molecule has 0 spiro atoms. The molecule has 0 aliphatic heterocycles. The number of hydrogen-bond donors (Lipinski definition) is 28. The Morgan fingerprint density at radius 3 is 1.09 bits per heavy atom. The summed E-state index contributed by atoms with van der Waals surface area (Å²) >= 11 is 0. The summed E-state index contributed by atoms with van der Waals surface area (Å²) in [6.45, 7) is 12.9. The first-order valence-corrected chi connectivity index (χ1v) is 42.7. The average molecular weight is 1830 g/mol. The van der Waals surface area contributed by atoms with Gasteiger partial charge in [0.15, 0.2) is 5.96 Å². The second-order valence-corrected chi connectivity index (χ2v) is 32.6. The second kappa shape index (κ2) is 59.1. The Bertz CT molecular complexity index is 4080. The standard InChI is InChI=1S/C79H134N28O22/c1-9-42(8)64(107-71(121)48(17-14-26-91-79(87)88)99-75(125)54(30-43-34-89-37-93-43)103-68(118)46(15-10-12-24-80)97-69(119)50(20-23-63(113)114)96-65(115)45(82)18-21-58(83)108)77(127)106-53(29-41(6)7)74(124)104-55(31-44-35-90-38-94-44)76(126)98-47(16-11-13-25-81)67(117)101-52(28-40(4)5)73(123)102-51(27-39(2)3)72(122)100-49(19-22-59(84)109)70(120)105-56(32-60(85)110)66(116)92-36-62(112)95-57(78(128)129)33-61(86)111/h34-35,37-42,45-57,64H,9-33,36,80-82H2,1-8H3,(H2,83,108)(H2,84,109)(H2,85,110)(H2,86,111)(H,89,93)(H,90,94)(H,92,116)(H,95,112)(H,96,115)(H,97,119)(H,98,126)(H,99,125)(H,100,122)(H,101,117)(H,102,123)(H,103,118)(H,104,124)(H,105,120)(H,106,127)(H,107,121)(H,113,114)(H,128,129)(H4,87,88,91)/t42-,45-,46-,47-,48-,49-,50-,51-,52-,53-,54-,55-,56-,57-,64-/m0/s1. The first kappa shape index (κ1) is 112. The Labute approximate surface area is 745 Å². The molecule has 50 nitrogen and oxygen atoms in total. The predicted octanol–water partition coefficient (Wildman–Crippen LogP) is -8.40. The molecule has 0 bridgehead atoms. The van der Waals surface area contributed by atoms with Crippen molar-refractivity contribution in [2.75, 3.05) is 26.2 Å². The van der Waals surface area contributed by atoms with E-state index in [1.807, 2.05) is 5.32 Å². The van der Waals surface area contributed by atoms with Gasteiger partial charge in [-0.05, 0) is 127 Å². The van der Waals surface area contributed by atoms with Gasteiger partial charge in [-0.2, -0.15) is 0 Å². The fraction of sp³-hybridized carbons (Fsp3) is 0.658. The number of aromatic nitrogens is 4. The van der Waals surface area contributed by atoms with Crippen LogP contribution in [0.3, 0.4) is 0 Å². The van der Waals surface area contributed by atoms with Gasteiger partial charge in [0, 0.05) is 62.4 Å². The van der Waals surface area contributed by atoms with E-state index in [1.165, 1.54) is 25.0 Å². The van der Waals surface area contributed by atoms with Gasteiger partial charge in [-0.3, -0.25) is 96.5 Å². The zero-order chi connectivity index (χ0) is 97.3. The van der Waals surface area contributed by atoms with Crippen molar-refractivity contribution >= 4 is 124 Å². The number of unbranched alkanes of at least 4 members (excludes halogenated alkanes) is 2. The van der Waals surface area contributed by atoms with Crippen LogP contribution in [0, 0.1) is 29.1 Å². The quantitative estimate of drug-likeness (QED) is 0.0166. The molecule has 0 aliphatic carbocycles. The molecule has 0 saturated carbocycles. The summed E-state index contributed by atoms with van der Waals surface area (Å²) in [4.78, 5) is 285. The first-order chi connectivity index (χ1) is 60.7. The van der Waals surface area contributed by atoms with E-state index in [0.29, 0.717) is 24.2 Å². The monoisotopic (exact) mass is 1830 g/mol. The Morgan fingerprint density at radius 1 is 0.380 bits per heavy atom. The highest BCUT2D eigenvalue weighted by atomic mass is 16.4. The second-order valence-electron chi connectivity index (χ2n) is 32.6. The molecule has 18 amide bonds. The van der Waals surface area contributed by atoms with Crippen LogP contribution in [0.25, 0.3) is 0 Å². The molecule has 2 rings (SSSR count). The van der Waals surface area contributed by atoms with Gasteiger partial charge in [0.25, 0.3) is 0 Å². The summed E-state index contributed by atoms with van der Waals surface area (Å²) in [6, 6.07) is -21.9. The summed E-state index contributed by atoms with van der Waals surface area (Å²) in [7, 11) is 0. The van der Waals surface area contributed by atoms with E-state index in [0.717, 1.165) is 0 Å². The lowest BCUT2D eigenvalue weighted by atomic mass is 9.96. The molecule has 2 heterocycles. The van der Waals surface area contributed by atoms with Crippen molar-refractivity contribution in [1.82, 2.24) is 99.7 Å². The number of imidazole rings is 2. The fourth-order valence-electron chi connectivity index (χ4n) is 12.9. The van der Waals surface area contributed by atoms with E-state index >= 15 is 0 Å². The number of aromatic amines is 2. The van der Waals surface area contributed by atoms with Crippen molar-refractivity contribution in [3.05, 3.63) is 36.4 Å². The number of rotatable bonds is 66. The minimum atomic E-state index is -1.86. The number of primary amides is 4. The zero-order valence-corrected chi connectivity index (χ0v) is 74.2. The highest BCUT2D eigenvalue weighted by Crippen LogP contribution is 2.18. The van der Waals surface area contributed by atoms with Gasteiger partial charge < -0.3 is 146 Å². The number of aliphatic carboxylic acids is 2. The summed E-state index contributed by atoms with van der Waals surface area (Å²) in [5, 5.41) is 64.5. The van der Waals surface area contributed by atoms with Crippen molar-refractivity contribution in [1.29, 1.82) is 5.41 Å². The zero-order valence-electron chi connectivity index (χ0n) is 74.2. The number of carboxylic acids is 2. The lowest BCUT2D eigenvalue weighted by Gasteiger charge is -2.30. The largest absolute Gasteiger partial charge is 0.481 e. The van der Waals surface area contributed by atoms with Crippen molar-refractivity contribution in [2.24, 2.45) is 69.5 Å². The summed E-state index contributed by atoms with van der Waals surface area (Å²) in [5.74, 6) is -23.2. The molecule has 0 aliphatic rings.